The van der Waals surface area contributed by atoms with Crippen LogP contribution in [-0.4, -0.2) is 41.7 Å². The summed E-state index contributed by atoms with van der Waals surface area (Å²) >= 11 is 9.60. The lowest BCUT2D eigenvalue weighted by atomic mass is 10.2. The number of thioether (sulfide) groups is 1. The molecule has 1 saturated heterocycles. The lowest BCUT2D eigenvalue weighted by Crippen LogP contribution is -2.40. The largest absolute Gasteiger partial charge is 0.548 e. The summed E-state index contributed by atoms with van der Waals surface area (Å²) in [7, 11) is 3.87. The van der Waals surface area contributed by atoms with Gasteiger partial charge in [0.15, 0.2) is 0 Å². The fourth-order valence-electron chi connectivity index (χ4n) is 1.89. The summed E-state index contributed by atoms with van der Waals surface area (Å²) in [5.41, 5.74) is 1.84. The number of nitrogens with zero attached hydrogens (tertiary/aromatic N) is 2. The van der Waals surface area contributed by atoms with E-state index < -0.39 is 18.4 Å². The molecule has 8 heteroatoms. The fourth-order valence-corrected chi connectivity index (χ4v) is 3.90. The van der Waals surface area contributed by atoms with Crippen LogP contribution in [0.4, 0.5) is 5.69 Å². The van der Waals surface area contributed by atoms with Gasteiger partial charge in [-0.05, 0) is 39.7 Å². The minimum absolute atomic E-state index is 0.226. The maximum Gasteiger partial charge on any atom is 0.266 e. The highest BCUT2D eigenvalue weighted by Crippen LogP contribution is 2.33. The minimum Gasteiger partial charge on any atom is -0.548 e. The van der Waals surface area contributed by atoms with Gasteiger partial charge in [-0.25, -0.2) is 0 Å². The van der Waals surface area contributed by atoms with Gasteiger partial charge >= 0.3 is 0 Å². The van der Waals surface area contributed by atoms with Gasteiger partial charge in [0.05, 0.1) is 23.1 Å². The van der Waals surface area contributed by atoms with Crippen LogP contribution in [0.1, 0.15) is 5.56 Å². The molecule has 0 N–H and O–H groups in total. The Labute approximate surface area is 146 Å². The van der Waals surface area contributed by atoms with Crippen LogP contribution in [0.2, 0.25) is 0 Å². The van der Waals surface area contributed by atoms with Crippen LogP contribution in [0.15, 0.2) is 27.6 Å². The van der Waals surface area contributed by atoms with Crippen molar-refractivity contribution in [2.24, 2.45) is 0 Å². The summed E-state index contributed by atoms with van der Waals surface area (Å²) in [6, 6.07) is 5.70. The number of carboxylic acids is 1. The number of carbonyl (C=O) groups excluding carboxylic acids is 2. The van der Waals surface area contributed by atoms with E-state index in [1.807, 2.05) is 37.2 Å². The molecule has 1 heterocycles. The number of amides is 1. The predicted molar refractivity (Wildman–Crippen MR) is 93.4 cm³/mol. The summed E-state index contributed by atoms with van der Waals surface area (Å²) in [5.74, 6) is -1.75. The first-order valence-corrected chi connectivity index (χ1v) is 8.23. The average molecular weight is 400 g/mol. The van der Waals surface area contributed by atoms with Gasteiger partial charge in [-0.1, -0.05) is 30.0 Å². The van der Waals surface area contributed by atoms with Crippen molar-refractivity contribution in [1.29, 1.82) is 0 Å². The Hall–Kier alpha value is -1.38. The molecule has 0 atom stereocenters. The Bertz CT molecular complexity index is 689. The number of hydrogen-bond acceptors (Lipinski definition) is 6. The highest BCUT2D eigenvalue weighted by molar-refractivity contribution is 9.10. The summed E-state index contributed by atoms with van der Waals surface area (Å²) in [6.45, 7) is -0.523. The van der Waals surface area contributed by atoms with Crippen molar-refractivity contribution >= 4 is 67.9 Å². The number of halogens is 1. The number of hydrogen-bond donors (Lipinski definition) is 0. The van der Waals surface area contributed by atoms with Crippen molar-refractivity contribution in [3.05, 3.63) is 33.1 Å². The molecule has 0 aromatic heterocycles. The first-order valence-electron chi connectivity index (χ1n) is 6.21. The normalized spacial score (nSPS) is 16.5. The molecule has 5 nitrogen and oxygen atoms in total. The third-order valence-electron chi connectivity index (χ3n) is 2.91. The standard InChI is InChI=1S/C14H13BrN2O3S2/c1-16(2)10-4-3-8(5-9(10)15)6-11-13(20)17(7-12(18)19)14(21)22-11/h3-6H,7H2,1-2H3,(H,18,19)/p-1/b11-6+. The number of anilines is 1. The van der Waals surface area contributed by atoms with E-state index >= 15 is 0 Å². The highest BCUT2D eigenvalue weighted by Gasteiger charge is 2.31. The third-order valence-corrected chi connectivity index (χ3v) is 4.93. The molecular weight excluding hydrogens is 388 g/mol. The molecule has 0 unspecified atom stereocenters. The van der Waals surface area contributed by atoms with Gasteiger partial charge in [-0.15, -0.1) is 0 Å². The van der Waals surface area contributed by atoms with Crippen LogP contribution < -0.4 is 10.0 Å². The van der Waals surface area contributed by atoms with Crippen molar-refractivity contribution in [3.8, 4) is 0 Å². The second kappa shape index (κ2) is 6.80. The fraction of sp³-hybridized carbons (Fsp3) is 0.214. The van der Waals surface area contributed by atoms with E-state index in [9.17, 15) is 14.7 Å². The quantitative estimate of drug-likeness (QED) is 0.564. The van der Waals surface area contributed by atoms with E-state index in [0.29, 0.717) is 4.91 Å². The maximum atomic E-state index is 12.2. The van der Waals surface area contributed by atoms with Crippen LogP contribution in [0.25, 0.3) is 6.08 Å². The van der Waals surface area contributed by atoms with Crippen molar-refractivity contribution < 1.29 is 14.7 Å². The van der Waals surface area contributed by atoms with Gasteiger partial charge in [0, 0.05) is 18.6 Å². The predicted octanol–water partition coefficient (Wildman–Crippen LogP) is 1.47. The Morgan fingerprint density at radius 1 is 1.50 bits per heavy atom. The van der Waals surface area contributed by atoms with Crippen LogP contribution in [0, 0.1) is 0 Å². The van der Waals surface area contributed by atoms with E-state index in [1.54, 1.807) is 6.08 Å². The number of thiocarbonyl (C=S) groups is 1. The number of aliphatic carboxylic acids is 1. The monoisotopic (exact) mass is 399 g/mol. The molecule has 0 saturated carbocycles. The lowest BCUT2D eigenvalue weighted by Gasteiger charge is -2.15. The summed E-state index contributed by atoms with van der Waals surface area (Å²) in [6.07, 6.45) is 1.69. The molecule has 116 valence electrons. The maximum absolute atomic E-state index is 12.2. The molecule has 0 aliphatic carbocycles. The average Bonchev–Trinajstić information content (AvgIpc) is 2.66. The molecule has 22 heavy (non-hydrogen) atoms. The van der Waals surface area contributed by atoms with Crippen LogP contribution in [0.5, 0.6) is 0 Å². The molecule has 1 aliphatic rings. The first kappa shape index (κ1) is 17.0. The van der Waals surface area contributed by atoms with Gasteiger partial charge in [0.1, 0.15) is 4.32 Å². The highest BCUT2D eigenvalue weighted by atomic mass is 79.9. The zero-order valence-electron chi connectivity index (χ0n) is 11.8. The molecule has 0 spiro atoms. The Morgan fingerprint density at radius 3 is 2.73 bits per heavy atom. The molecule has 1 aliphatic heterocycles. The van der Waals surface area contributed by atoms with E-state index in [2.05, 4.69) is 15.9 Å². The van der Waals surface area contributed by atoms with Crippen molar-refractivity contribution in [2.75, 3.05) is 25.5 Å². The van der Waals surface area contributed by atoms with Crippen molar-refractivity contribution in [3.63, 3.8) is 0 Å². The number of rotatable bonds is 4. The van der Waals surface area contributed by atoms with E-state index in [4.69, 9.17) is 12.2 Å². The Morgan fingerprint density at radius 2 is 2.18 bits per heavy atom. The van der Waals surface area contributed by atoms with Crippen LogP contribution in [-0.2, 0) is 9.59 Å². The second-order valence-electron chi connectivity index (χ2n) is 4.75. The topological polar surface area (TPSA) is 63.7 Å². The van der Waals surface area contributed by atoms with Crippen LogP contribution in [0.3, 0.4) is 0 Å². The van der Waals surface area contributed by atoms with Gasteiger partial charge in [0.25, 0.3) is 5.91 Å². The van der Waals surface area contributed by atoms with Gasteiger partial charge in [0.2, 0.25) is 0 Å². The number of carbonyl (C=O) groups is 2. The molecule has 1 aromatic carbocycles. The minimum atomic E-state index is -1.34. The molecule has 1 amide bonds. The van der Waals surface area contributed by atoms with Gasteiger partial charge in [-0.2, -0.15) is 0 Å². The molecule has 0 radical (unpaired) electrons. The second-order valence-corrected chi connectivity index (χ2v) is 7.28. The van der Waals surface area contributed by atoms with Crippen LogP contribution >= 0.6 is 39.9 Å². The summed E-state index contributed by atoms with van der Waals surface area (Å²) in [5, 5.41) is 10.7. The van der Waals surface area contributed by atoms with Crippen molar-refractivity contribution in [2.45, 2.75) is 0 Å². The lowest BCUT2D eigenvalue weighted by molar-refractivity contribution is -0.305. The zero-order valence-corrected chi connectivity index (χ0v) is 15.0. The molecule has 1 fully saturated rings. The zero-order chi connectivity index (χ0) is 16.4. The Balaban J connectivity index is 2.27. The number of benzene rings is 1. The summed E-state index contributed by atoms with van der Waals surface area (Å²) < 4.78 is 1.13. The number of carboxylic acid groups (broad SMARTS) is 1. The third kappa shape index (κ3) is 3.68. The van der Waals surface area contributed by atoms with E-state index in [0.717, 1.165) is 32.4 Å². The molecule has 2 rings (SSSR count). The molecule has 1 aromatic rings. The Kier molecular flexibility index (Phi) is 5.25. The van der Waals surface area contributed by atoms with E-state index in [1.165, 1.54) is 0 Å². The SMILES string of the molecule is CN(C)c1ccc(/C=C2/SC(=S)N(CC(=O)[O-])C2=O)cc1Br. The van der Waals surface area contributed by atoms with E-state index in [-0.39, 0.29) is 4.32 Å². The van der Waals surface area contributed by atoms with Gasteiger partial charge in [-0.3, -0.25) is 9.69 Å². The first-order chi connectivity index (χ1) is 10.3. The molecule has 0 bridgehead atoms. The van der Waals surface area contributed by atoms with Crippen molar-refractivity contribution in [1.82, 2.24) is 4.90 Å². The smallest absolute Gasteiger partial charge is 0.266 e. The summed E-state index contributed by atoms with van der Waals surface area (Å²) in [4.78, 5) is 26.2. The molecular formula is C14H12BrN2O3S2-. The van der Waals surface area contributed by atoms with Gasteiger partial charge < -0.3 is 14.8 Å².